The SMILES string of the molecule is COCCOCCNc1ccc(OC)c(Cl)c1. The smallest absolute Gasteiger partial charge is 0.137 e. The summed E-state index contributed by atoms with van der Waals surface area (Å²) in [7, 11) is 3.25. The first-order valence-corrected chi connectivity index (χ1v) is 5.80. The van der Waals surface area contributed by atoms with Gasteiger partial charge in [0.15, 0.2) is 0 Å². The van der Waals surface area contributed by atoms with E-state index in [0.29, 0.717) is 30.6 Å². The van der Waals surface area contributed by atoms with E-state index in [1.54, 1.807) is 14.2 Å². The summed E-state index contributed by atoms with van der Waals surface area (Å²) in [4.78, 5) is 0. The van der Waals surface area contributed by atoms with E-state index in [-0.39, 0.29) is 0 Å². The summed E-state index contributed by atoms with van der Waals surface area (Å²) in [6.45, 7) is 2.59. The maximum atomic E-state index is 6.00. The standard InChI is InChI=1S/C12H18ClNO3/c1-15-7-8-17-6-5-14-10-3-4-12(16-2)11(13)9-10/h3-4,9,14H,5-8H2,1-2H3. The molecule has 1 aromatic carbocycles. The van der Waals surface area contributed by atoms with Gasteiger partial charge in [-0.3, -0.25) is 0 Å². The Morgan fingerprint density at radius 2 is 2.00 bits per heavy atom. The number of ether oxygens (including phenoxy) is 3. The Kier molecular flexibility index (Phi) is 6.77. The van der Waals surface area contributed by atoms with Crippen molar-refractivity contribution in [3.05, 3.63) is 23.2 Å². The number of hydrogen-bond acceptors (Lipinski definition) is 4. The van der Waals surface area contributed by atoms with E-state index in [9.17, 15) is 0 Å². The van der Waals surface area contributed by atoms with Gasteiger partial charge in [-0.2, -0.15) is 0 Å². The van der Waals surface area contributed by atoms with E-state index >= 15 is 0 Å². The molecule has 0 aromatic heterocycles. The van der Waals surface area contributed by atoms with Crippen molar-refractivity contribution in [3.63, 3.8) is 0 Å². The molecule has 17 heavy (non-hydrogen) atoms. The van der Waals surface area contributed by atoms with Gasteiger partial charge in [-0.25, -0.2) is 0 Å². The van der Waals surface area contributed by atoms with Crippen LogP contribution in [0.3, 0.4) is 0 Å². The minimum atomic E-state index is 0.595. The summed E-state index contributed by atoms with van der Waals surface area (Å²) in [6.07, 6.45) is 0. The molecule has 0 fully saturated rings. The summed E-state index contributed by atoms with van der Waals surface area (Å²) >= 11 is 6.00. The maximum absolute atomic E-state index is 6.00. The molecule has 0 aliphatic rings. The molecule has 0 radical (unpaired) electrons. The number of anilines is 1. The highest BCUT2D eigenvalue weighted by Gasteiger charge is 2.00. The Bertz CT molecular complexity index is 334. The quantitative estimate of drug-likeness (QED) is 0.728. The number of nitrogens with one attached hydrogen (secondary N) is 1. The third-order valence-corrected chi connectivity index (χ3v) is 2.45. The molecule has 96 valence electrons. The number of halogens is 1. The van der Waals surface area contributed by atoms with Crippen molar-refractivity contribution in [1.29, 1.82) is 0 Å². The van der Waals surface area contributed by atoms with Crippen LogP contribution in [-0.2, 0) is 9.47 Å². The van der Waals surface area contributed by atoms with Crippen molar-refractivity contribution >= 4 is 17.3 Å². The molecule has 0 atom stereocenters. The van der Waals surface area contributed by atoms with E-state index in [1.165, 1.54) is 0 Å². The lowest BCUT2D eigenvalue weighted by molar-refractivity contribution is 0.0759. The lowest BCUT2D eigenvalue weighted by Gasteiger charge is -2.09. The van der Waals surface area contributed by atoms with E-state index in [0.717, 1.165) is 12.2 Å². The van der Waals surface area contributed by atoms with Gasteiger partial charge in [0.25, 0.3) is 0 Å². The molecule has 0 saturated carbocycles. The van der Waals surface area contributed by atoms with Crippen molar-refractivity contribution in [3.8, 4) is 5.75 Å². The zero-order chi connectivity index (χ0) is 12.5. The summed E-state index contributed by atoms with van der Waals surface area (Å²) in [5, 5.41) is 3.80. The van der Waals surface area contributed by atoms with Crippen molar-refractivity contribution in [2.75, 3.05) is 45.9 Å². The second kappa shape index (κ2) is 8.17. The second-order valence-corrected chi connectivity index (χ2v) is 3.79. The Labute approximate surface area is 107 Å². The van der Waals surface area contributed by atoms with Crippen LogP contribution >= 0.6 is 11.6 Å². The number of hydrogen-bond donors (Lipinski definition) is 1. The second-order valence-electron chi connectivity index (χ2n) is 3.38. The molecule has 0 heterocycles. The monoisotopic (exact) mass is 259 g/mol. The molecule has 4 nitrogen and oxygen atoms in total. The van der Waals surface area contributed by atoms with E-state index in [2.05, 4.69) is 5.32 Å². The van der Waals surface area contributed by atoms with Crippen molar-refractivity contribution in [2.45, 2.75) is 0 Å². The molecule has 0 bridgehead atoms. The first-order chi connectivity index (χ1) is 8.27. The van der Waals surface area contributed by atoms with Gasteiger partial charge >= 0.3 is 0 Å². The van der Waals surface area contributed by atoms with Crippen LogP contribution in [0.2, 0.25) is 5.02 Å². The molecule has 0 aliphatic heterocycles. The highest BCUT2D eigenvalue weighted by Crippen LogP contribution is 2.26. The molecule has 1 aromatic rings. The van der Waals surface area contributed by atoms with Crippen molar-refractivity contribution in [1.82, 2.24) is 0 Å². The van der Waals surface area contributed by atoms with Crippen LogP contribution in [0.15, 0.2) is 18.2 Å². The van der Waals surface area contributed by atoms with Gasteiger partial charge in [0.05, 0.1) is 32.0 Å². The van der Waals surface area contributed by atoms with Crippen LogP contribution in [0.1, 0.15) is 0 Å². The summed E-state index contributed by atoms with van der Waals surface area (Å²) in [5.74, 6) is 0.675. The molecular formula is C12H18ClNO3. The zero-order valence-corrected chi connectivity index (χ0v) is 10.9. The molecule has 0 amide bonds. The molecule has 0 aliphatic carbocycles. The third kappa shape index (κ3) is 5.26. The van der Waals surface area contributed by atoms with Crippen molar-refractivity contribution < 1.29 is 14.2 Å². The van der Waals surface area contributed by atoms with Crippen LogP contribution in [-0.4, -0.2) is 40.6 Å². The van der Waals surface area contributed by atoms with Gasteiger partial charge in [0.1, 0.15) is 5.75 Å². The fourth-order valence-electron chi connectivity index (χ4n) is 1.29. The molecular weight excluding hydrogens is 242 g/mol. The van der Waals surface area contributed by atoms with Crippen LogP contribution in [0, 0.1) is 0 Å². The predicted octanol–water partition coefficient (Wildman–Crippen LogP) is 2.42. The molecule has 1 N–H and O–H groups in total. The van der Waals surface area contributed by atoms with Gasteiger partial charge in [0, 0.05) is 19.3 Å². The summed E-state index contributed by atoms with van der Waals surface area (Å²) in [6, 6.07) is 5.58. The maximum Gasteiger partial charge on any atom is 0.137 e. The fourth-order valence-corrected chi connectivity index (χ4v) is 1.55. The topological polar surface area (TPSA) is 39.7 Å². The lowest BCUT2D eigenvalue weighted by Crippen LogP contribution is -2.11. The van der Waals surface area contributed by atoms with Crippen molar-refractivity contribution in [2.24, 2.45) is 0 Å². The van der Waals surface area contributed by atoms with Crippen LogP contribution in [0.5, 0.6) is 5.75 Å². The van der Waals surface area contributed by atoms with E-state index in [4.69, 9.17) is 25.8 Å². The molecule has 0 spiro atoms. The number of rotatable bonds is 8. The van der Waals surface area contributed by atoms with E-state index in [1.807, 2.05) is 18.2 Å². The zero-order valence-electron chi connectivity index (χ0n) is 10.2. The highest BCUT2D eigenvalue weighted by atomic mass is 35.5. The summed E-state index contributed by atoms with van der Waals surface area (Å²) < 4.78 is 15.3. The van der Waals surface area contributed by atoms with Gasteiger partial charge in [0.2, 0.25) is 0 Å². The van der Waals surface area contributed by atoms with E-state index < -0.39 is 0 Å². The minimum absolute atomic E-state index is 0.595. The Morgan fingerprint density at radius 1 is 1.18 bits per heavy atom. The normalized spacial score (nSPS) is 10.3. The molecule has 1 rings (SSSR count). The first-order valence-electron chi connectivity index (χ1n) is 5.42. The predicted molar refractivity (Wildman–Crippen MR) is 69.2 cm³/mol. The number of methoxy groups -OCH3 is 2. The summed E-state index contributed by atoms with van der Waals surface area (Å²) in [5.41, 5.74) is 0.950. The van der Waals surface area contributed by atoms with Crippen LogP contribution < -0.4 is 10.1 Å². The Balaban J connectivity index is 2.25. The average Bonchev–Trinajstić information content (AvgIpc) is 2.34. The fraction of sp³-hybridized carbons (Fsp3) is 0.500. The third-order valence-electron chi connectivity index (χ3n) is 2.16. The molecule has 5 heteroatoms. The largest absolute Gasteiger partial charge is 0.495 e. The average molecular weight is 260 g/mol. The lowest BCUT2D eigenvalue weighted by atomic mass is 10.3. The van der Waals surface area contributed by atoms with Gasteiger partial charge in [-0.05, 0) is 18.2 Å². The first kappa shape index (κ1) is 14.1. The Hall–Kier alpha value is -0.970. The number of benzene rings is 1. The minimum Gasteiger partial charge on any atom is -0.495 e. The van der Waals surface area contributed by atoms with Gasteiger partial charge in [-0.1, -0.05) is 11.6 Å². The highest BCUT2D eigenvalue weighted by molar-refractivity contribution is 6.32. The van der Waals surface area contributed by atoms with Crippen LogP contribution in [0.4, 0.5) is 5.69 Å². The molecule has 0 unspecified atom stereocenters. The van der Waals surface area contributed by atoms with Gasteiger partial charge in [-0.15, -0.1) is 0 Å². The molecule has 0 saturated heterocycles. The Morgan fingerprint density at radius 3 is 2.65 bits per heavy atom. The van der Waals surface area contributed by atoms with Crippen LogP contribution in [0.25, 0.3) is 0 Å². The van der Waals surface area contributed by atoms with Gasteiger partial charge < -0.3 is 19.5 Å².